The van der Waals surface area contributed by atoms with Crippen LogP contribution in [0.1, 0.15) is 73.6 Å². The van der Waals surface area contributed by atoms with Gasteiger partial charge in [0.15, 0.2) is 0 Å². The molecule has 1 unspecified atom stereocenters. The summed E-state index contributed by atoms with van der Waals surface area (Å²) in [5.74, 6) is 1.36. The summed E-state index contributed by atoms with van der Waals surface area (Å²) in [5, 5.41) is 17.4. The highest BCUT2D eigenvalue weighted by molar-refractivity contribution is 4.88. The van der Waals surface area contributed by atoms with Gasteiger partial charge in [0.1, 0.15) is 0 Å². The number of piperidine rings is 1. The molecule has 3 atom stereocenters. The van der Waals surface area contributed by atoms with Crippen LogP contribution in [0.15, 0.2) is 12.8 Å². The Kier molecular flexibility index (Phi) is 16.6. The first-order valence-corrected chi connectivity index (χ1v) is 9.27. The first-order valence-electron chi connectivity index (χ1n) is 9.27. The molecule has 3 nitrogen and oxygen atoms in total. The minimum Gasteiger partial charge on any atom is -0.396 e. The van der Waals surface area contributed by atoms with Crippen LogP contribution in [0.2, 0.25) is 0 Å². The lowest BCUT2D eigenvalue weighted by atomic mass is 9.80. The highest BCUT2D eigenvalue weighted by Gasteiger charge is 2.29. The number of aliphatic hydroxyl groups is 2. The summed E-state index contributed by atoms with van der Waals surface area (Å²) in [7, 11) is 0. The van der Waals surface area contributed by atoms with Crippen molar-refractivity contribution in [3.8, 4) is 0 Å². The lowest BCUT2D eigenvalue weighted by molar-refractivity contribution is 0.0902. The molecule has 134 valence electrons. The van der Waals surface area contributed by atoms with Gasteiger partial charge in [0.25, 0.3) is 0 Å². The second-order valence-electron chi connectivity index (χ2n) is 5.67. The van der Waals surface area contributed by atoms with Gasteiger partial charge in [-0.2, -0.15) is 0 Å². The molecule has 0 amide bonds. The third-order valence-corrected chi connectivity index (χ3v) is 4.59. The van der Waals surface area contributed by atoms with E-state index in [1.165, 1.54) is 12.8 Å². The van der Waals surface area contributed by atoms with Crippen molar-refractivity contribution in [1.29, 1.82) is 0 Å². The fourth-order valence-corrected chi connectivity index (χ4v) is 2.69. The minimum atomic E-state index is 0.0648. The fraction of sp³-hybridized carbons (Fsp3) is 0.895. The van der Waals surface area contributed by atoms with Crippen LogP contribution in [0.3, 0.4) is 0 Å². The molecule has 2 fully saturated rings. The van der Waals surface area contributed by atoms with Crippen molar-refractivity contribution >= 4 is 0 Å². The van der Waals surface area contributed by atoms with E-state index < -0.39 is 0 Å². The predicted octanol–water partition coefficient (Wildman–Crippen LogP) is 4.44. The Balaban J connectivity index is 0. The second-order valence-corrected chi connectivity index (χ2v) is 5.67. The Morgan fingerprint density at radius 2 is 1.59 bits per heavy atom. The van der Waals surface area contributed by atoms with Crippen molar-refractivity contribution in [1.82, 2.24) is 4.90 Å². The van der Waals surface area contributed by atoms with Crippen LogP contribution >= 0.6 is 0 Å². The third kappa shape index (κ3) is 8.79. The second kappa shape index (κ2) is 15.4. The largest absolute Gasteiger partial charge is 0.396 e. The number of hydrogen-bond acceptors (Lipinski definition) is 3. The zero-order valence-corrected chi connectivity index (χ0v) is 15.9. The van der Waals surface area contributed by atoms with Crippen LogP contribution in [-0.4, -0.2) is 40.4 Å². The van der Waals surface area contributed by atoms with Crippen molar-refractivity contribution in [3.05, 3.63) is 12.8 Å². The van der Waals surface area contributed by atoms with Gasteiger partial charge in [-0.15, -0.1) is 0 Å². The molecule has 2 aliphatic rings. The van der Waals surface area contributed by atoms with E-state index in [1.807, 2.05) is 33.9 Å². The molecule has 0 aromatic heterocycles. The first kappa shape index (κ1) is 23.7. The van der Waals surface area contributed by atoms with E-state index in [0.717, 1.165) is 25.8 Å². The van der Waals surface area contributed by atoms with Gasteiger partial charge in [-0.25, -0.2) is 0 Å². The van der Waals surface area contributed by atoms with E-state index in [-0.39, 0.29) is 6.10 Å². The Labute approximate surface area is 139 Å². The Hall–Kier alpha value is -0.540. The number of rotatable bonds is 3. The van der Waals surface area contributed by atoms with Gasteiger partial charge < -0.3 is 15.1 Å². The predicted molar refractivity (Wildman–Crippen MR) is 97.9 cm³/mol. The van der Waals surface area contributed by atoms with Crippen LogP contribution in [0.5, 0.6) is 0 Å². The van der Waals surface area contributed by atoms with Gasteiger partial charge in [-0.05, 0) is 57.1 Å². The van der Waals surface area contributed by atoms with Crippen molar-refractivity contribution in [2.24, 2.45) is 11.8 Å². The van der Waals surface area contributed by atoms with Crippen molar-refractivity contribution in [2.75, 3.05) is 13.2 Å². The first-order chi connectivity index (χ1) is 10.6. The Bertz CT molecular complexity index is 242. The van der Waals surface area contributed by atoms with Gasteiger partial charge in [0, 0.05) is 19.2 Å². The molecule has 1 heterocycles. The van der Waals surface area contributed by atoms with Gasteiger partial charge in [-0.3, -0.25) is 0 Å². The summed E-state index contributed by atoms with van der Waals surface area (Å²) in [5.41, 5.74) is 0. The minimum absolute atomic E-state index is 0.0648. The molecule has 3 heteroatoms. The average molecular weight is 316 g/mol. The molecule has 2 N–H and O–H groups in total. The maximum absolute atomic E-state index is 8.91. The number of aliphatic hydroxyl groups excluding tert-OH is 2. The van der Waals surface area contributed by atoms with Crippen LogP contribution in [0.4, 0.5) is 0 Å². The molecule has 0 spiro atoms. The van der Waals surface area contributed by atoms with Gasteiger partial charge in [-0.1, -0.05) is 41.2 Å². The summed E-state index contributed by atoms with van der Waals surface area (Å²) >= 11 is 0. The smallest absolute Gasteiger partial charge is 0.0540 e. The number of hydrogen-bond donors (Lipinski definition) is 2. The van der Waals surface area contributed by atoms with Crippen molar-refractivity contribution in [2.45, 2.75) is 85.8 Å². The topological polar surface area (TPSA) is 43.7 Å². The molecule has 0 bridgehead atoms. The Morgan fingerprint density at radius 1 is 1.09 bits per heavy atom. The van der Waals surface area contributed by atoms with Gasteiger partial charge >= 0.3 is 0 Å². The molecular formula is C19H41NO2. The Morgan fingerprint density at radius 3 is 1.91 bits per heavy atom. The fourth-order valence-electron chi connectivity index (χ4n) is 2.69. The van der Waals surface area contributed by atoms with E-state index in [2.05, 4.69) is 25.3 Å². The molecule has 1 saturated carbocycles. The van der Waals surface area contributed by atoms with E-state index in [4.69, 9.17) is 10.2 Å². The zero-order chi connectivity index (χ0) is 17.5. The van der Waals surface area contributed by atoms with E-state index >= 15 is 0 Å². The molecule has 1 aliphatic heterocycles. The summed E-state index contributed by atoms with van der Waals surface area (Å²) < 4.78 is 0. The highest BCUT2D eigenvalue weighted by Crippen LogP contribution is 2.30. The van der Waals surface area contributed by atoms with E-state index in [9.17, 15) is 0 Å². The number of likely N-dealkylation sites (tertiary alicyclic amines) is 1. The monoisotopic (exact) mass is 315 g/mol. The quantitative estimate of drug-likeness (QED) is 0.809. The number of nitrogens with zero attached hydrogens (tertiary/aromatic N) is 1. The van der Waals surface area contributed by atoms with Crippen LogP contribution in [0.25, 0.3) is 0 Å². The van der Waals surface area contributed by atoms with E-state index in [1.54, 1.807) is 0 Å². The summed E-state index contributed by atoms with van der Waals surface area (Å²) in [6, 6.07) is 0.572. The SMILES string of the molecule is C=CN1CCC(CCO)[C@@H](C)[C@H]1C.CC.CC.OC1CCC1. The van der Waals surface area contributed by atoms with E-state index in [0.29, 0.717) is 24.5 Å². The molecule has 0 aromatic rings. The van der Waals surface area contributed by atoms with Crippen LogP contribution in [-0.2, 0) is 0 Å². The summed E-state index contributed by atoms with van der Waals surface area (Å²) in [4.78, 5) is 2.30. The molecule has 22 heavy (non-hydrogen) atoms. The molecular weight excluding hydrogens is 274 g/mol. The lowest BCUT2D eigenvalue weighted by Crippen LogP contribution is -2.43. The molecule has 0 radical (unpaired) electrons. The third-order valence-electron chi connectivity index (χ3n) is 4.59. The molecule has 1 saturated heterocycles. The van der Waals surface area contributed by atoms with Gasteiger partial charge in [0.05, 0.1) is 6.10 Å². The van der Waals surface area contributed by atoms with Crippen LogP contribution in [0, 0.1) is 11.8 Å². The highest BCUT2D eigenvalue weighted by atomic mass is 16.3. The summed E-state index contributed by atoms with van der Waals surface area (Å²) in [6.45, 7) is 17.8. The van der Waals surface area contributed by atoms with Gasteiger partial charge in [0.2, 0.25) is 0 Å². The molecule has 2 rings (SSSR count). The van der Waals surface area contributed by atoms with Crippen molar-refractivity contribution < 1.29 is 10.2 Å². The van der Waals surface area contributed by atoms with Crippen LogP contribution < -0.4 is 0 Å². The normalized spacial score (nSPS) is 26.9. The standard InChI is InChI=1S/C11H21NO.C4H8O.2C2H6/c1-4-12-7-5-11(6-8-13)9(2)10(12)3;5-4-2-1-3-4;2*1-2/h4,9-11,13H,1,5-8H2,2-3H3;4-5H,1-3H2;2*1-2H3/t9-,10+,11?;;;/m0.../s1. The molecule has 1 aliphatic carbocycles. The maximum Gasteiger partial charge on any atom is 0.0540 e. The van der Waals surface area contributed by atoms with Crippen molar-refractivity contribution in [3.63, 3.8) is 0 Å². The maximum atomic E-state index is 8.91. The summed E-state index contributed by atoms with van der Waals surface area (Å²) in [6.07, 6.45) is 7.47. The average Bonchev–Trinajstić information content (AvgIpc) is 2.55. The zero-order valence-electron chi connectivity index (χ0n) is 15.9. The lowest BCUT2D eigenvalue weighted by Gasteiger charge is -2.42. The molecule has 0 aromatic carbocycles.